The number of aliphatic hydroxyl groups excluding tert-OH is 2. The highest BCUT2D eigenvalue weighted by Crippen LogP contribution is 2.18. The molecule has 7 heteroatoms. The molecule has 17 heavy (non-hydrogen) atoms. The van der Waals surface area contributed by atoms with Crippen LogP contribution < -0.4 is 0 Å². The predicted octanol–water partition coefficient (Wildman–Crippen LogP) is 1.39. The molecule has 1 aromatic rings. The maximum absolute atomic E-state index is 9.83. The second-order valence-corrected chi connectivity index (χ2v) is 3.79. The van der Waals surface area contributed by atoms with Crippen LogP contribution in [0.4, 0.5) is 0 Å². The van der Waals surface area contributed by atoms with E-state index in [1.165, 1.54) is 6.20 Å². The standard InChI is InChI=1S/C10H17N5O2/c1-2-5-15-7-8(6-13-15)10(17)9(16)3-4-12-14-11/h6-7,9-10,16-17H,2-5H2,1H3. The maximum Gasteiger partial charge on any atom is 0.108 e. The summed E-state index contributed by atoms with van der Waals surface area (Å²) in [5, 5.41) is 26.9. The van der Waals surface area contributed by atoms with Crippen molar-refractivity contribution in [2.75, 3.05) is 6.54 Å². The Labute approximate surface area is 99.3 Å². The zero-order valence-corrected chi connectivity index (χ0v) is 9.77. The van der Waals surface area contributed by atoms with E-state index in [2.05, 4.69) is 15.1 Å². The molecule has 1 aromatic heterocycles. The van der Waals surface area contributed by atoms with Gasteiger partial charge in [-0.25, -0.2) is 0 Å². The summed E-state index contributed by atoms with van der Waals surface area (Å²) in [4.78, 5) is 2.58. The molecular formula is C10H17N5O2. The summed E-state index contributed by atoms with van der Waals surface area (Å²) in [5.74, 6) is 0. The summed E-state index contributed by atoms with van der Waals surface area (Å²) in [6.45, 7) is 2.98. The van der Waals surface area contributed by atoms with Gasteiger partial charge in [-0.3, -0.25) is 4.68 Å². The number of azide groups is 1. The molecule has 0 saturated carbocycles. The first-order valence-corrected chi connectivity index (χ1v) is 5.58. The third-order valence-corrected chi connectivity index (χ3v) is 2.40. The highest BCUT2D eigenvalue weighted by Gasteiger charge is 2.19. The molecule has 0 amide bonds. The molecule has 0 fully saturated rings. The lowest BCUT2D eigenvalue weighted by Crippen LogP contribution is -2.18. The smallest absolute Gasteiger partial charge is 0.108 e. The molecular weight excluding hydrogens is 222 g/mol. The van der Waals surface area contributed by atoms with E-state index >= 15 is 0 Å². The molecule has 0 bridgehead atoms. The van der Waals surface area contributed by atoms with Gasteiger partial charge in [-0.2, -0.15) is 5.10 Å². The van der Waals surface area contributed by atoms with E-state index < -0.39 is 12.2 Å². The van der Waals surface area contributed by atoms with Crippen LogP contribution in [0.2, 0.25) is 0 Å². The van der Waals surface area contributed by atoms with Crippen LogP contribution in [0, 0.1) is 0 Å². The van der Waals surface area contributed by atoms with Gasteiger partial charge in [0.25, 0.3) is 0 Å². The van der Waals surface area contributed by atoms with Crippen molar-refractivity contribution in [2.24, 2.45) is 5.11 Å². The Morgan fingerprint density at radius 3 is 3.00 bits per heavy atom. The van der Waals surface area contributed by atoms with Gasteiger partial charge in [0.05, 0.1) is 12.3 Å². The fraction of sp³-hybridized carbons (Fsp3) is 0.700. The van der Waals surface area contributed by atoms with Gasteiger partial charge >= 0.3 is 0 Å². The average Bonchev–Trinajstić information content (AvgIpc) is 2.77. The van der Waals surface area contributed by atoms with Gasteiger partial charge in [0.2, 0.25) is 0 Å². The summed E-state index contributed by atoms with van der Waals surface area (Å²) in [6.07, 6.45) is 2.50. The molecule has 2 unspecified atom stereocenters. The van der Waals surface area contributed by atoms with Crippen molar-refractivity contribution in [1.82, 2.24) is 9.78 Å². The van der Waals surface area contributed by atoms with Crippen LogP contribution in [0.15, 0.2) is 17.5 Å². The van der Waals surface area contributed by atoms with Crippen molar-refractivity contribution in [3.63, 3.8) is 0 Å². The average molecular weight is 239 g/mol. The molecule has 2 atom stereocenters. The summed E-state index contributed by atoms with van der Waals surface area (Å²) in [7, 11) is 0. The quantitative estimate of drug-likeness (QED) is 0.426. The first kappa shape index (κ1) is 13.5. The fourth-order valence-electron chi connectivity index (χ4n) is 1.50. The molecule has 7 nitrogen and oxygen atoms in total. The van der Waals surface area contributed by atoms with E-state index in [9.17, 15) is 10.2 Å². The Bertz CT molecular complexity index is 386. The third kappa shape index (κ3) is 4.07. The molecule has 0 spiro atoms. The predicted molar refractivity (Wildman–Crippen MR) is 62.1 cm³/mol. The minimum atomic E-state index is -0.991. The molecule has 0 aliphatic carbocycles. The third-order valence-electron chi connectivity index (χ3n) is 2.40. The van der Waals surface area contributed by atoms with E-state index in [1.54, 1.807) is 10.9 Å². The highest BCUT2D eigenvalue weighted by atomic mass is 16.3. The summed E-state index contributed by atoms with van der Waals surface area (Å²) in [5.41, 5.74) is 8.67. The van der Waals surface area contributed by atoms with Crippen LogP contribution >= 0.6 is 0 Å². The number of aryl methyl sites for hydroxylation is 1. The van der Waals surface area contributed by atoms with E-state index in [0.717, 1.165) is 13.0 Å². The van der Waals surface area contributed by atoms with Gasteiger partial charge < -0.3 is 10.2 Å². The lowest BCUT2D eigenvalue weighted by atomic mass is 10.1. The molecule has 0 saturated heterocycles. The molecule has 2 N–H and O–H groups in total. The van der Waals surface area contributed by atoms with Crippen molar-refractivity contribution in [3.8, 4) is 0 Å². The SMILES string of the molecule is CCCn1cc(C(O)C(O)CCN=[N+]=[N-])cn1. The molecule has 0 aliphatic heterocycles. The Morgan fingerprint density at radius 2 is 2.35 bits per heavy atom. The van der Waals surface area contributed by atoms with Crippen LogP contribution in [0.5, 0.6) is 0 Å². The number of rotatable bonds is 7. The molecule has 0 aliphatic rings. The molecule has 0 aromatic carbocycles. The van der Waals surface area contributed by atoms with E-state index in [-0.39, 0.29) is 13.0 Å². The van der Waals surface area contributed by atoms with Gasteiger partial charge in [0.1, 0.15) is 6.10 Å². The Morgan fingerprint density at radius 1 is 1.59 bits per heavy atom. The van der Waals surface area contributed by atoms with Crippen molar-refractivity contribution in [3.05, 3.63) is 28.4 Å². The second-order valence-electron chi connectivity index (χ2n) is 3.79. The zero-order valence-electron chi connectivity index (χ0n) is 9.77. The fourth-order valence-corrected chi connectivity index (χ4v) is 1.50. The monoisotopic (exact) mass is 239 g/mol. The van der Waals surface area contributed by atoms with Gasteiger partial charge in [0.15, 0.2) is 0 Å². The minimum absolute atomic E-state index is 0.165. The maximum atomic E-state index is 9.83. The Hall–Kier alpha value is -1.56. The number of hydrogen-bond donors (Lipinski definition) is 2. The van der Waals surface area contributed by atoms with Crippen LogP contribution in [-0.4, -0.2) is 32.6 Å². The van der Waals surface area contributed by atoms with E-state index in [4.69, 9.17) is 5.53 Å². The van der Waals surface area contributed by atoms with Gasteiger partial charge in [0, 0.05) is 29.8 Å². The zero-order chi connectivity index (χ0) is 12.7. The molecule has 1 heterocycles. The first-order chi connectivity index (χ1) is 8.19. The highest BCUT2D eigenvalue weighted by molar-refractivity contribution is 5.09. The first-order valence-electron chi connectivity index (χ1n) is 5.58. The van der Waals surface area contributed by atoms with Crippen molar-refractivity contribution in [1.29, 1.82) is 0 Å². The van der Waals surface area contributed by atoms with Crippen LogP contribution in [0.3, 0.4) is 0 Å². The Balaban J connectivity index is 2.54. The van der Waals surface area contributed by atoms with Crippen molar-refractivity contribution in [2.45, 2.75) is 38.5 Å². The van der Waals surface area contributed by atoms with Crippen molar-refractivity contribution >= 4 is 0 Å². The number of hydrogen-bond acceptors (Lipinski definition) is 4. The topological polar surface area (TPSA) is 107 Å². The Kier molecular flexibility index (Phi) is 5.48. The summed E-state index contributed by atoms with van der Waals surface area (Å²) in [6, 6.07) is 0. The number of aliphatic hydroxyl groups is 2. The molecule has 0 radical (unpaired) electrons. The summed E-state index contributed by atoms with van der Waals surface area (Å²) < 4.78 is 1.72. The number of nitrogens with zero attached hydrogens (tertiary/aromatic N) is 5. The number of aromatic nitrogens is 2. The van der Waals surface area contributed by atoms with Crippen molar-refractivity contribution < 1.29 is 10.2 Å². The lowest BCUT2D eigenvalue weighted by Gasteiger charge is -2.15. The normalized spacial score (nSPS) is 14.1. The lowest BCUT2D eigenvalue weighted by molar-refractivity contribution is 0.0150. The summed E-state index contributed by atoms with van der Waals surface area (Å²) >= 11 is 0. The van der Waals surface area contributed by atoms with Crippen LogP contribution in [-0.2, 0) is 6.54 Å². The van der Waals surface area contributed by atoms with E-state index in [0.29, 0.717) is 5.56 Å². The van der Waals surface area contributed by atoms with Gasteiger partial charge in [-0.1, -0.05) is 12.0 Å². The van der Waals surface area contributed by atoms with Gasteiger partial charge in [-0.15, -0.1) is 0 Å². The van der Waals surface area contributed by atoms with Crippen LogP contribution in [0.1, 0.15) is 31.4 Å². The van der Waals surface area contributed by atoms with Gasteiger partial charge in [-0.05, 0) is 18.4 Å². The minimum Gasteiger partial charge on any atom is -0.390 e. The second kappa shape index (κ2) is 6.90. The molecule has 94 valence electrons. The van der Waals surface area contributed by atoms with Crippen LogP contribution in [0.25, 0.3) is 10.4 Å². The largest absolute Gasteiger partial charge is 0.390 e. The molecule has 1 rings (SSSR count). The van der Waals surface area contributed by atoms with E-state index in [1.807, 2.05) is 6.92 Å².